The van der Waals surface area contributed by atoms with Crippen LogP contribution in [-0.2, 0) is 4.79 Å². The van der Waals surface area contributed by atoms with Crippen molar-refractivity contribution in [2.24, 2.45) is 0 Å². The van der Waals surface area contributed by atoms with Crippen LogP contribution >= 0.6 is 22.9 Å². The van der Waals surface area contributed by atoms with E-state index in [4.69, 9.17) is 16.3 Å². The molecule has 4 nitrogen and oxygen atoms in total. The van der Waals surface area contributed by atoms with Crippen LogP contribution in [0.25, 0.3) is 0 Å². The molecular formula is C16H19ClN2O2S. The van der Waals surface area contributed by atoms with E-state index in [1.165, 1.54) is 18.3 Å². The number of ether oxygens (including phenoxy) is 1. The second kappa shape index (κ2) is 7.61. The second-order valence-electron chi connectivity index (χ2n) is 5.09. The van der Waals surface area contributed by atoms with Crippen molar-refractivity contribution in [2.45, 2.75) is 26.7 Å². The van der Waals surface area contributed by atoms with Gasteiger partial charge in [-0.15, -0.1) is 22.9 Å². The van der Waals surface area contributed by atoms with Crippen molar-refractivity contribution in [3.8, 4) is 5.75 Å². The Morgan fingerprint density at radius 3 is 2.82 bits per heavy atom. The number of alkyl halides is 1. The van der Waals surface area contributed by atoms with Crippen molar-refractivity contribution in [3.63, 3.8) is 0 Å². The quantitative estimate of drug-likeness (QED) is 0.724. The fourth-order valence-corrected chi connectivity index (χ4v) is 3.00. The van der Waals surface area contributed by atoms with Crippen LogP contribution < -0.4 is 9.64 Å². The second-order valence-corrected chi connectivity index (χ2v) is 6.51. The topological polar surface area (TPSA) is 42.4 Å². The molecule has 0 saturated heterocycles. The lowest BCUT2D eigenvalue weighted by Crippen LogP contribution is -2.22. The van der Waals surface area contributed by atoms with Gasteiger partial charge in [0.05, 0.1) is 11.6 Å². The lowest BCUT2D eigenvalue weighted by molar-refractivity contribution is -0.115. The summed E-state index contributed by atoms with van der Waals surface area (Å²) in [7, 11) is 0. The van der Waals surface area contributed by atoms with Crippen LogP contribution in [0.4, 0.5) is 10.8 Å². The number of amides is 1. The highest BCUT2D eigenvalue weighted by atomic mass is 35.5. The minimum Gasteiger partial charge on any atom is -0.492 e. The molecule has 0 spiro atoms. The number of carbonyl (C=O) groups is 1. The standard InChI is InChI=1S/C16H19ClN2O2S/c1-11(2)15-10-18-16(22-15)19(12(3)20)13-5-4-6-14(9-13)21-8-7-17/h4-6,9-11H,7-8H2,1-3H3. The fraction of sp³-hybridized carbons (Fsp3) is 0.375. The molecule has 0 atom stereocenters. The lowest BCUT2D eigenvalue weighted by atomic mass is 10.2. The van der Waals surface area contributed by atoms with Crippen LogP contribution in [0.3, 0.4) is 0 Å². The molecule has 0 aliphatic rings. The van der Waals surface area contributed by atoms with Gasteiger partial charge in [0, 0.05) is 24.1 Å². The van der Waals surface area contributed by atoms with Crippen LogP contribution in [0, 0.1) is 0 Å². The van der Waals surface area contributed by atoms with E-state index < -0.39 is 0 Å². The highest BCUT2D eigenvalue weighted by Crippen LogP contribution is 2.34. The van der Waals surface area contributed by atoms with Crippen molar-refractivity contribution in [1.82, 2.24) is 4.98 Å². The van der Waals surface area contributed by atoms with Crippen molar-refractivity contribution in [1.29, 1.82) is 0 Å². The van der Waals surface area contributed by atoms with Gasteiger partial charge in [0.2, 0.25) is 5.91 Å². The van der Waals surface area contributed by atoms with Crippen molar-refractivity contribution in [3.05, 3.63) is 35.3 Å². The molecule has 118 valence electrons. The Kier molecular flexibility index (Phi) is 5.80. The van der Waals surface area contributed by atoms with Gasteiger partial charge in [-0.2, -0.15) is 0 Å². The van der Waals surface area contributed by atoms with E-state index in [9.17, 15) is 4.79 Å². The number of nitrogens with zero attached hydrogens (tertiary/aromatic N) is 2. The van der Waals surface area contributed by atoms with E-state index in [-0.39, 0.29) is 5.91 Å². The Balaban J connectivity index is 2.33. The number of aromatic nitrogens is 1. The van der Waals surface area contributed by atoms with Gasteiger partial charge >= 0.3 is 0 Å². The van der Waals surface area contributed by atoms with E-state index in [0.717, 1.165) is 10.6 Å². The SMILES string of the molecule is CC(=O)N(c1cccc(OCCCl)c1)c1ncc(C(C)C)s1. The highest BCUT2D eigenvalue weighted by Gasteiger charge is 2.19. The molecule has 1 aromatic carbocycles. The molecule has 6 heteroatoms. The van der Waals surface area contributed by atoms with Crippen molar-refractivity contribution < 1.29 is 9.53 Å². The van der Waals surface area contributed by atoms with Crippen LogP contribution in [0.2, 0.25) is 0 Å². The third kappa shape index (κ3) is 3.99. The van der Waals surface area contributed by atoms with Crippen LogP contribution in [0.15, 0.2) is 30.5 Å². The average molecular weight is 339 g/mol. The van der Waals surface area contributed by atoms with Crippen molar-refractivity contribution >= 4 is 39.7 Å². The zero-order valence-corrected chi connectivity index (χ0v) is 14.4. The maximum atomic E-state index is 12.1. The van der Waals surface area contributed by atoms with E-state index in [2.05, 4.69) is 18.8 Å². The van der Waals surface area contributed by atoms with Gasteiger partial charge in [0.1, 0.15) is 12.4 Å². The molecule has 0 bridgehead atoms. The number of benzene rings is 1. The number of thiazole rings is 1. The average Bonchev–Trinajstić information content (AvgIpc) is 2.95. The molecule has 0 aliphatic heterocycles. The first-order chi connectivity index (χ1) is 10.5. The summed E-state index contributed by atoms with van der Waals surface area (Å²) >= 11 is 7.16. The van der Waals surface area contributed by atoms with Gasteiger partial charge in [-0.05, 0) is 18.1 Å². The third-order valence-electron chi connectivity index (χ3n) is 3.01. The first-order valence-electron chi connectivity index (χ1n) is 7.08. The van der Waals surface area contributed by atoms with Gasteiger partial charge < -0.3 is 4.74 Å². The predicted molar refractivity (Wildman–Crippen MR) is 91.7 cm³/mol. The molecule has 0 aliphatic carbocycles. The molecule has 0 radical (unpaired) electrons. The summed E-state index contributed by atoms with van der Waals surface area (Å²) in [6, 6.07) is 7.39. The summed E-state index contributed by atoms with van der Waals surface area (Å²) in [5, 5.41) is 0.672. The molecule has 0 saturated carbocycles. The van der Waals surface area contributed by atoms with Gasteiger partial charge in [0.15, 0.2) is 5.13 Å². The molecule has 1 aromatic heterocycles. The Morgan fingerprint density at radius 2 is 2.23 bits per heavy atom. The van der Waals surface area contributed by atoms with E-state index >= 15 is 0 Å². The number of rotatable bonds is 6. The number of carbonyl (C=O) groups excluding carboxylic acids is 1. The maximum absolute atomic E-state index is 12.1. The summed E-state index contributed by atoms with van der Waals surface area (Å²) < 4.78 is 5.52. The first-order valence-corrected chi connectivity index (χ1v) is 8.43. The number of hydrogen-bond acceptors (Lipinski definition) is 4. The molecule has 1 amide bonds. The Bertz CT molecular complexity index is 643. The van der Waals surface area contributed by atoms with E-state index in [1.807, 2.05) is 30.5 Å². The molecular weight excluding hydrogens is 320 g/mol. The number of anilines is 2. The van der Waals surface area contributed by atoms with E-state index in [0.29, 0.717) is 29.3 Å². The summed E-state index contributed by atoms with van der Waals surface area (Å²) in [6.07, 6.45) is 1.83. The summed E-state index contributed by atoms with van der Waals surface area (Å²) in [5.41, 5.74) is 0.740. The maximum Gasteiger partial charge on any atom is 0.230 e. The van der Waals surface area contributed by atoms with Gasteiger partial charge in [0.25, 0.3) is 0 Å². The lowest BCUT2D eigenvalue weighted by Gasteiger charge is -2.18. The monoisotopic (exact) mass is 338 g/mol. The zero-order chi connectivity index (χ0) is 16.1. The van der Waals surface area contributed by atoms with Crippen molar-refractivity contribution in [2.75, 3.05) is 17.4 Å². The Morgan fingerprint density at radius 1 is 1.45 bits per heavy atom. The fourth-order valence-electron chi connectivity index (χ4n) is 1.94. The van der Waals surface area contributed by atoms with Gasteiger partial charge in [-0.25, -0.2) is 4.98 Å². The minimum atomic E-state index is -0.0841. The van der Waals surface area contributed by atoms with E-state index in [1.54, 1.807) is 4.90 Å². The molecule has 2 rings (SSSR count). The molecule has 0 N–H and O–H groups in total. The Labute approximate surface area is 139 Å². The normalized spacial score (nSPS) is 10.8. The Hall–Kier alpha value is -1.59. The number of hydrogen-bond donors (Lipinski definition) is 0. The van der Waals surface area contributed by atoms with Gasteiger partial charge in [-0.3, -0.25) is 9.69 Å². The predicted octanol–water partition coefficient (Wildman–Crippen LogP) is 4.57. The molecule has 0 unspecified atom stereocenters. The molecule has 1 heterocycles. The molecule has 2 aromatic rings. The largest absolute Gasteiger partial charge is 0.492 e. The number of halogens is 1. The zero-order valence-electron chi connectivity index (χ0n) is 12.9. The smallest absolute Gasteiger partial charge is 0.230 e. The third-order valence-corrected chi connectivity index (χ3v) is 4.45. The first kappa shape index (κ1) is 16.8. The highest BCUT2D eigenvalue weighted by molar-refractivity contribution is 7.15. The minimum absolute atomic E-state index is 0.0841. The molecule has 22 heavy (non-hydrogen) atoms. The summed E-state index contributed by atoms with van der Waals surface area (Å²) in [5.74, 6) is 1.41. The molecule has 0 fully saturated rings. The van der Waals surface area contributed by atoms with Crippen LogP contribution in [0.5, 0.6) is 5.75 Å². The van der Waals surface area contributed by atoms with Gasteiger partial charge in [-0.1, -0.05) is 19.9 Å². The van der Waals surface area contributed by atoms with Crippen LogP contribution in [0.1, 0.15) is 31.6 Å². The summed E-state index contributed by atoms with van der Waals surface area (Å²) in [6.45, 7) is 6.18. The summed E-state index contributed by atoms with van der Waals surface area (Å²) in [4.78, 5) is 19.2. The van der Waals surface area contributed by atoms with Crippen LogP contribution in [-0.4, -0.2) is 23.4 Å².